The third-order valence-electron chi connectivity index (χ3n) is 11.6. The van der Waals surface area contributed by atoms with E-state index in [0.717, 1.165) is 79.0 Å². The fourth-order valence-corrected chi connectivity index (χ4v) is 10.8. The van der Waals surface area contributed by atoms with Gasteiger partial charge in [0.05, 0.1) is 6.10 Å². The highest BCUT2D eigenvalue weighted by Crippen LogP contribution is 2.57. The number of hydrogen-bond donors (Lipinski definition) is 4. The highest BCUT2D eigenvalue weighted by atomic mass is 16.3. The van der Waals surface area contributed by atoms with Crippen LogP contribution in [0.5, 0.6) is 0 Å². The zero-order valence-electron chi connectivity index (χ0n) is 21.7. The van der Waals surface area contributed by atoms with Crippen LogP contribution < -0.4 is 16.0 Å². The Hall–Kier alpha value is -1.63. The molecule has 8 bridgehead atoms. The van der Waals surface area contributed by atoms with Gasteiger partial charge in [-0.15, -0.1) is 0 Å². The molecule has 0 aromatic carbocycles. The molecule has 9 aliphatic rings. The molecule has 0 unspecified atom stereocenters. The van der Waals surface area contributed by atoms with Crippen LogP contribution in [0.1, 0.15) is 96.3 Å². The van der Waals surface area contributed by atoms with Crippen LogP contribution in [-0.4, -0.2) is 43.8 Å². The number of aliphatic hydroxyl groups is 1. The van der Waals surface area contributed by atoms with Crippen molar-refractivity contribution >= 4 is 17.8 Å². The van der Waals surface area contributed by atoms with Gasteiger partial charge in [0.1, 0.15) is 0 Å². The summed E-state index contributed by atoms with van der Waals surface area (Å²) in [6.07, 6.45) is 18.8. The first kappa shape index (κ1) is 22.4. The van der Waals surface area contributed by atoms with Crippen molar-refractivity contribution in [2.45, 2.75) is 120 Å². The van der Waals surface area contributed by atoms with Crippen molar-refractivity contribution < 1.29 is 5.11 Å². The molecule has 7 heteroatoms. The lowest BCUT2D eigenvalue weighted by Crippen LogP contribution is -2.55. The minimum Gasteiger partial charge on any atom is -0.393 e. The van der Waals surface area contributed by atoms with Crippen LogP contribution >= 0.6 is 0 Å². The molecule has 0 radical (unpaired) electrons. The topological polar surface area (TPSA) is 95.0 Å². The minimum atomic E-state index is -0.149. The van der Waals surface area contributed by atoms with Gasteiger partial charge in [-0.05, 0) is 138 Å². The quantitative estimate of drug-likeness (QED) is 0.433. The fraction of sp³-hybridized carbons (Fsp3) is 0.897. The highest BCUT2D eigenvalue weighted by Gasteiger charge is 2.52. The van der Waals surface area contributed by atoms with Gasteiger partial charge in [0, 0.05) is 17.6 Å². The summed E-state index contributed by atoms with van der Waals surface area (Å²) in [6.45, 7) is 0. The van der Waals surface area contributed by atoms with Crippen molar-refractivity contribution in [2.75, 3.05) is 16.0 Å². The molecular weight excluding hydrogens is 448 g/mol. The Morgan fingerprint density at radius 3 is 1.67 bits per heavy atom. The maximum Gasteiger partial charge on any atom is 0.229 e. The molecular formula is C29H44N6O. The van der Waals surface area contributed by atoms with Gasteiger partial charge in [-0.3, -0.25) is 0 Å². The monoisotopic (exact) mass is 492 g/mol. The molecule has 7 nitrogen and oxygen atoms in total. The first-order valence-electron chi connectivity index (χ1n) is 15.3. The molecule has 1 heterocycles. The summed E-state index contributed by atoms with van der Waals surface area (Å²) < 4.78 is 0. The summed E-state index contributed by atoms with van der Waals surface area (Å²) in [5.41, 5.74) is 0.183. The Kier molecular flexibility index (Phi) is 5.24. The predicted octanol–water partition coefficient (Wildman–Crippen LogP) is 5.20. The fourth-order valence-electron chi connectivity index (χ4n) is 10.8. The van der Waals surface area contributed by atoms with E-state index in [1.807, 2.05) is 0 Å². The van der Waals surface area contributed by atoms with Crippen LogP contribution in [0.25, 0.3) is 0 Å². The number of hydrogen-bond acceptors (Lipinski definition) is 7. The van der Waals surface area contributed by atoms with E-state index in [-0.39, 0.29) is 11.6 Å². The van der Waals surface area contributed by atoms with Gasteiger partial charge in [-0.1, -0.05) is 0 Å². The molecule has 0 saturated heterocycles. The predicted molar refractivity (Wildman–Crippen MR) is 141 cm³/mol. The normalized spacial score (nSPS) is 48.2. The molecule has 9 saturated carbocycles. The SMILES string of the molecule is OC1CCC(Nc2nc(NC3C4CC5CC(C4)CC3C5)nc(NC34CC5CC(CC(C5)C3)C4)n2)CC1. The second kappa shape index (κ2) is 8.44. The number of rotatable bonds is 6. The zero-order chi connectivity index (χ0) is 23.9. The van der Waals surface area contributed by atoms with Crippen LogP contribution in [0.2, 0.25) is 0 Å². The Labute approximate surface area is 215 Å². The van der Waals surface area contributed by atoms with Crippen molar-refractivity contribution in [2.24, 2.45) is 41.4 Å². The molecule has 0 amide bonds. The molecule has 9 aliphatic carbocycles. The van der Waals surface area contributed by atoms with Crippen LogP contribution in [0.15, 0.2) is 0 Å². The van der Waals surface area contributed by atoms with Gasteiger partial charge in [0.15, 0.2) is 0 Å². The van der Waals surface area contributed by atoms with Gasteiger partial charge in [0.2, 0.25) is 17.8 Å². The van der Waals surface area contributed by atoms with Crippen molar-refractivity contribution in [3.8, 4) is 0 Å². The molecule has 0 aliphatic heterocycles. The summed E-state index contributed by atoms with van der Waals surface area (Å²) in [7, 11) is 0. The summed E-state index contributed by atoms with van der Waals surface area (Å²) in [4.78, 5) is 14.9. The Morgan fingerprint density at radius 2 is 1.08 bits per heavy atom. The lowest BCUT2D eigenvalue weighted by molar-refractivity contribution is 0.00720. The van der Waals surface area contributed by atoms with E-state index in [1.165, 1.54) is 70.6 Å². The molecule has 9 fully saturated rings. The zero-order valence-corrected chi connectivity index (χ0v) is 21.7. The summed E-state index contributed by atoms with van der Waals surface area (Å²) >= 11 is 0. The molecule has 1 aromatic rings. The Balaban J connectivity index is 1.06. The minimum absolute atomic E-state index is 0.149. The summed E-state index contributed by atoms with van der Waals surface area (Å²) in [5, 5.41) is 21.4. The first-order chi connectivity index (χ1) is 17.5. The van der Waals surface area contributed by atoms with Crippen LogP contribution in [0.4, 0.5) is 17.8 Å². The average molecular weight is 493 g/mol. The van der Waals surface area contributed by atoms with E-state index in [0.29, 0.717) is 18.0 Å². The molecule has 0 spiro atoms. The summed E-state index contributed by atoms with van der Waals surface area (Å²) in [5.74, 6) is 8.44. The smallest absolute Gasteiger partial charge is 0.229 e. The van der Waals surface area contributed by atoms with E-state index in [4.69, 9.17) is 15.0 Å². The average Bonchev–Trinajstić information content (AvgIpc) is 2.81. The Morgan fingerprint density at radius 1 is 0.583 bits per heavy atom. The number of aliphatic hydroxyl groups excluding tert-OH is 1. The third-order valence-corrected chi connectivity index (χ3v) is 11.6. The molecule has 1 aromatic heterocycles. The van der Waals surface area contributed by atoms with Gasteiger partial charge < -0.3 is 21.1 Å². The van der Waals surface area contributed by atoms with Gasteiger partial charge >= 0.3 is 0 Å². The van der Waals surface area contributed by atoms with E-state index in [1.54, 1.807) is 0 Å². The largest absolute Gasteiger partial charge is 0.393 e. The van der Waals surface area contributed by atoms with E-state index in [9.17, 15) is 5.11 Å². The van der Waals surface area contributed by atoms with Crippen molar-refractivity contribution in [1.29, 1.82) is 0 Å². The van der Waals surface area contributed by atoms with Crippen molar-refractivity contribution in [3.63, 3.8) is 0 Å². The van der Waals surface area contributed by atoms with E-state index >= 15 is 0 Å². The molecule has 0 atom stereocenters. The summed E-state index contributed by atoms with van der Waals surface area (Å²) in [6, 6.07) is 0.850. The Bertz CT molecular complexity index is 927. The standard InChI is InChI=1S/C29H44N6O/c36-24-3-1-23(2-4-24)30-26-32-27(31-25-21-9-16-5-17(11-21)12-22(25)10-16)34-28(33-26)35-29-13-18-6-19(14-29)8-20(7-18)15-29/h16-25,36H,1-15H2,(H3,30,31,32,33,34,35). The maximum atomic E-state index is 9.96. The van der Waals surface area contributed by atoms with Crippen LogP contribution in [-0.2, 0) is 0 Å². The lowest BCUT2D eigenvalue weighted by atomic mass is 9.53. The second-order valence-corrected chi connectivity index (χ2v) is 14.4. The number of anilines is 3. The lowest BCUT2D eigenvalue weighted by Gasteiger charge is -2.56. The van der Waals surface area contributed by atoms with E-state index in [2.05, 4.69) is 16.0 Å². The highest BCUT2D eigenvalue weighted by molar-refractivity contribution is 5.45. The molecule has 10 rings (SSSR count). The van der Waals surface area contributed by atoms with Crippen molar-refractivity contribution in [1.82, 2.24) is 15.0 Å². The number of aromatic nitrogens is 3. The van der Waals surface area contributed by atoms with Gasteiger partial charge in [0.25, 0.3) is 0 Å². The van der Waals surface area contributed by atoms with Gasteiger partial charge in [-0.25, -0.2) is 0 Å². The maximum absolute atomic E-state index is 9.96. The molecule has 36 heavy (non-hydrogen) atoms. The van der Waals surface area contributed by atoms with Crippen LogP contribution in [0.3, 0.4) is 0 Å². The number of nitrogens with zero attached hydrogens (tertiary/aromatic N) is 3. The first-order valence-corrected chi connectivity index (χ1v) is 15.3. The third kappa shape index (κ3) is 4.08. The molecule has 4 N–H and O–H groups in total. The van der Waals surface area contributed by atoms with Crippen molar-refractivity contribution in [3.05, 3.63) is 0 Å². The second-order valence-electron chi connectivity index (χ2n) is 14.4. The van der Waals surface area contributed by atoms with E-state index < -0.39 is 0 Å². The van der Waals surface area contributed by atoms with Gasteiger partial charge in [-0.2, -0.15) is 15.0 Å². The number of nitrogens with one attached hydrogen (secondary N) is 3. The van der Waals surface area contributed by atoms with Crippen LogP contribution in [0, 0.1) is 41.4 Å². The molecule has 196 valence electrons.